The molecular formula is C15H19N3O. The van der Waals surface area contributed by atoms with Gasteiger partial charge >= 0.3 is 0 Å². The van der Waals surface area contributed by atoms with Crippen LogP contribution in [-0.2, 0) is 13.1 Å². The number of nitrogens with one attached hydrogen (secondary N) is 1. The molecule has 1 N–H and O–H groups in total. The standard InChI is InChI=1S/C15H19N3O/c1-2-3-10-18-11-9-14(19)17-15(18)16-12-13-7-5-4-6-8-13/h4-9,11H,2-3,10,12H2,1H3,(H,16,17,19). The van der Waals surface area contributed by atoms with Crippen molar-refractivity contribution in [2.75, 3.05) is 5.32 Å². The van der Waals surface area contributed by atoms with Gasteiger partial charge in [-0.25, -0.2) is 0 Å². The summed E-state index contributed by atoms with van der Waals surface area (Å²) in [6.45, 7) is 3.69. The van der Waals surface area contributed by atoms with Crippen LogP contribution in [0.2, 0.25) is 0 Å². The Balaban J connectivity index is 2.09. The van der Waals surface area contributed by atoms with E-state index < -0.39 is 0 Å². The molecule has 0 amide bonds. The molecule has 0 unspecified atom stereocenters. The Hall–Kier alpha value is -2.10. The number of aromatic nitrogens is 2. The number of anilines is 1. The fraction of sp³-hybridized carbons (Fsp3) is 0.333. The van der Waals surface area contributed by atoms with E-state index >= 15 is 0 Å². The molecule has 19 heavy (non-hydrogen) atoms. The van der Waals surface area contributed by atoms with Crippen molar-refractivity contribution in [2.24, 2.45) is 0 Å². The Morgan fingerprint density at radius 2 is 2.00 bits per heavy atom. The van der Waals surface area contributed by atoms with Crippen molar-refractivity contribution in [1.29, 1.82) is 0 Å². The maximum absolute atomic E-state index is 11.4. The van der Waals surface area contributed by atoms with Gasteiger partial charge in [0.15, 0.2) is 0 Å². The molecule has 0 aliphatic carbocycles. The van der Waals surface area contributed by atoms with Crippen molar-refractivity contribution >= 4 is 5.95 Å². The molecule has 0 bridgehead atoms. The number of benzene rings is 1. The van der Waals surface area contributed by atoms with Crippen LogP contribution in [-0.4, -0.2) is 9.55 Å². The topological polar surface area (TPSA) is 46.9 Å². The number of rotatable bonds is 6. The summed E-state index contributed by atoms with van der Waals surface area (Å²) in [7, 11) is 0. The quantitative estimate of drug-likeness (QED) is 0.865. The van der Waals surface area contributed by atoms with Crippen LogP contribution in [0, 0.1) is 0 Å². The monoisotopic (exact) mass is 257 g/mol. The highest BCUT2D eigenvalue weighted by Crippen LogP contribution is 2.06. The second kappa shape index (κ2) is 6.73. The molecule has 2 rings (SSSR count). The highest BCUT2D eigenvalue weighted by atomic mass is 16.1. The smallest absolute Gasteiger partial charge is 0.274 e. The van der Waals surface area contributed by atoms with Gasteiger partial charge < -0.3 is 9.88 Å². The minimum absolute atomic E-state index is 0.205. The molecule has 4 nitrogen and oxygen atoms in total. The van der Waals surface area contributed by atoms with Gasteiger partial charge in [-0.2, -0.15) is 4.98 Å². The summed E-state index contributed by atoms with van der Waals surface area (Å²) < 4.78 is 1.99. The maximum atomic E-state index is 11.4. The Bertz CT molecular complexity index is 563. The number of aryl methyl sites for hydroxylation is 1. The van der Waals surface area contributed by atoms with Gasteiger partial charge in [0.1, 0.15) is 0 Å². The van der Waals surface area contributed by atoms with Crippen molar-refractivity contribution in [1.82, 2.24) is 9.55 Å². The number of hydrogen-bond acceptors (Lipinski definition) is 3. The Labute approximate surface area is 113 Å². The zero-order valence-electron chi connectivity index (χ0n) is 11.2. The van der Waals surface area contributed by atoms with Gasteiger partial charge in [0.05, 0.1) is 0 Å². The van der Waals surface area contributed by atoms with Crippen molar-refractivity contribution in [2.45, 2.75) is 32.9 Å². The van der Waals surface area contributed by atoms with Gasteiger partial charge in [0, 0.05) is 25.4 Å². The third-order valence-corrected chi connectivity index (χ3v) is 2.93. The Kier molecular flexibility index (Phi) is 4.72. The summed E-state index contributed by atoms with van der Waals surface area (Å²) in [6, 6.07) is 11.6. The molecule has 4 heteroatoms. The number of hydrogen-bond donors (Lipinski definition) is 1. The van der Waals surface area contributed by atoms with Gasteiger partial charge in [-0.1, -0.05) is 43.7 Å². The van der Waals surface area contributed by atoms with E-state index in [0.717, 1.165) is 19.4 Å². The molecule has 1 aromatic heterocycles. The third-order valence-electron chi connectivity index (χ3n) is 2.93. The van der Waals surface area contributed by atoms with Crippen molar-refractivity contribution in [3.05, 3.63) is 58.5 Å². The number of unbranched alkanes of at least 4 members (excludes halogenated alkanes) is 1. The summed E-state index contributed by atoms with van der Waals surface area (Å²) in [5, 5.41) is 3.23. The average Bonchev–Trinajstić information content (AvgIpc) is 2.45. The summed E-state index contributed by atoms with van der Waals surface area (Å²) in [5.74, 6) is 0.643. The molecule has 1 heterocycles. The van der Waals surface area contributed by atoms with Crippen LogP contribution >= 0.6 is 0 Å². The van der Waals surface area contributed by atoms with E-state index in [0.29, 0.717) is 12.5 Å². The van der Waals surface area contributed by atoms with E-state index in [1.165, 1.54) is 11.6 Å². The molecule has 0 aliphatic heterocycles. The lowest BCUT2D eigenvalue weighted by atomic mass is 10.2. The van der Waals surface area contributed by atoms with Crippen LogP contribution in [0.1, 0.15) is 25.3 Å². The number of nitrogens with zero attached hydrogens (tertiary/aromatic N) is 2. The molecular weight excluding hydrogens is 238 g/mol. The van der Waals surface area contributed by atoms with Gasteiger partial charge in [0.25, 0.3) is 5.56 Å². The first-order chi connectivity index (χ1) is 9.29. The maximum Gasteiger partial charge on any atom is 0.274 e. The second-order valence-electron chi connectivity index (χ2n) is 4.48. The minimum atomic E-state index is -0.205. The Morgan fingerprint density at radius 1 is 1.21 bits per heavy atom. The van der Waals surface area contributed by atoms with Gasteiger partial charge in [0.2, 0.25) is 5.95 Å². The molecule has 0 spiro atoms. The van der Waals surface area contributed by atoms with Gasteiger partial charge in [-0.15, -0.1) is 0 Å². The molecule has 0 saturated carbocycles. The van der Waals surface area contributed by atoms with Crippen LogP contribution in [0.5, 0.6) is 0 Å². The van der Waals surface area contributed by atoms with E-state index in [2.05, 4.69) is 17.2 Å². The fourth-order valence-electron chi connectivity index (χ4n) is 1.86. The molecule has 0 radical (unpaired) electrons. The highest BCUT2D eigenvalue weighted by molar-refractivity contribution is 5.28. The van der Waals surface area contributed by atoms with Crippen LogP contribution < -0.4 is 10.9 Å². The SMILES string of the molecule is CCCCn1ccc(=O)nc1NCc1ccccc1. The highest BCUT2D eigenvalue weighted by Gasteiger charge is 2.02. The molecule has 0 saturated heterocycles. The predicted octanol–water partition coefficient (Wildman–Crippen LogP) is 2.66. The first-order valence-corrected chi connectivity index (χ1v) is 6.65. The first kappa shape index (κ1) is 13.3. The molecule has 0 atom stereocenters. The lowest BCUT2D eigenvalue weighted by molar-refractivity contribution is 0.621. The van der Waals surface area contributed by atoms with Crippen molar-refractivity contribution in [3.63, 3.8) is 0 Å². The van der Waals surface area contributed by atoms with Crippen LogP contribution in [0.15, 0.2) is 47.4 Å². The summed E-state index contributed by atoms with van der Waals surface area (Å²) in [4.78, 5) is 15.4. The van der Waals surface area contributed by atoms with E-state index in [1.54, 1.807) is 6.20 Å². The predicted molar refractivity (Wildman–Crippen MR) is 77.2 cm³/mol. The van der Waals surface area contributed by atoms with Crippen LogP contribution in [0.25, 0.3) is 0 Å². The van der Waals surface area contributed by atoms with E-state index in [9.17, 15) is 4.79 Å². The van der Waals surface area contributed by atoms with Crippen molar-refractivity contribution in [3.8, 4) is 0 Å². The van der Waals surface area contributed by atoms with Crippen LogP contribution in [0.3, 0.4) is 0 Å². The zero-order valence-corrected chi connectivity index (χ0v) is 11.2. The third kappa shape index (κ3) is 3.95. The Morgan fingerprint density at radius 3 is 2.74 bits per heavy atom. The van der Waals surface area contributed by atoms with Crippen LogP contribution in [0.4, 0.5) is 5.95 Å². The van der Waals surface area contributed by atoms with E-state index in [1.807, 2.05) is 34.9 Å². The molecule has 1 aromatic carbocycles. The molecule has 0 fully saturated rings. The normalized spacial score (nSPS) is 10.4. The molecule has 2 aromatic rings. The summed E-state index contributed by atoms with van der Waals surface area (Å²) in [6.07, 6.45) is 3.99. The lowest BCUT2D eigenvalue weighted by Crippen LogP contribution is -2.17. The minimum Gasteiger partial charge on any atom is -0.351 e. The first-order valence-electron chi connectivity index (χ1n) is 6.65. The summed E-state index contributed by atoms with van der Waals surface area (Å²) >= 11 is 0. The van der Waals surface area contributed by atoms with Gasteiger partial charge in [-0.3, -0.25) is 4.79 Å². The lowest BCUT2D eigenvalue weighted by Gasteiger charge is -2.13. The summed E-state index contributed by atoms with van der Waals surface area (Å²) in [5.41, 5.74) is 0.964. The molecule has 100 valence electrons. The van der Waals surface area contributed by atoms with Crippen molar-refractivity contribution < 1.29 is 0 Å². The van der Waals surface area contributed by atoms with Gasteiger partial charge in [-0.05, 0) is 12.0 Å². The van der Waals surface area contributed by atoms with E-state index in [4.69, 9.17) is 0 Å². The molecule has 0 aliphatic rings. The zero-order chi connectivity index (χ0) is 13.5. The largest absolute Gasteiger partial charge is 0.351 e. The fourth-order valence-corrected chi connectivity index (χ4v) is 1.86. The average molecular weight is 257 g/mol. The van der Waals surface area contributed by atoms with E-state index in [-0.39, 0.29) is 5.56 Å². The second-order valence-corrected chi connectivity index (χ2v) is 4.48.